The normalized spacial score (nSPS) is 13.0. The number of furan rings is 1. The molecule has 0 amide bonds. The number of nitrogens with zero attached hydrogens (tertiary/aromatic N) is 2. The molecule has 2 aromatic rings. The quantitative estimate of drug-likeness (QED) is 0.834. The van der Waals surface area contributed by atoms with Crippen LogP contribution in [-0.2, 0) is 6.54 Å². The molecule has 2 rings (SSSR count). The van der Waals surface area contributed by atoms with Gasteiger partial charge in [0, 0.05) is 24.5 Å². The van der Waals surface area contributed by atoms with Gasteiger partial charge in [-0.2, -0.15) is 0 Å². The van der Waals surface area contributed by atoms with E-state index in [0.29, 0.717) is 5.82 Å². The van der Waals surface area contributed by atoms with Crippen LogP contribution in [0, 0.1) is 6.92 Å². The van der Waals surface area contributed by atoms with Gasteiger partial charge in [-0.3, -0.25) is 0 Å². The summed E-state index contributed by atoms with van der Waals surface area (Å²) in [6.07, 6.45) is 4.40. The monoisotopic (exact) mass is 206 g/mol. The summed E-state index contributed by atoms with van der Waals surface area (Å²) in [5.74, 6) is 1.44. The van der Waals surface area contributed by atoms with Gasteiger partial charge in [0.15, 0.2) is 0 Å². The van der Waals surface area contributed by atoms with Crippen LogP contribution in [0.5, 0.6) is 0 Å². The van der Waals surface area contributed by atoms with E-state index in [4.69, 9.17) is 4.42 Å². The molecular weight excluding hydrogens is 192 g/mol. The fourth-order valence-electron chi connectivity index (χ4n) is 1.59. The highest BCUT2D eigenvalue weighted by Gasteiger charge is 2.17. The smallest absolute Gasteiger partial charge is 0.142 e. The van der Waals surface area contributed by atoms with Crippen molar-refractivity contribution in [2.45, 2.75) is 26.5 Å². The first kappa shape index (κ1) is 9.98. The van der Waals surface area contributed by atoms with Gasteiger partial charge in [-0.1, -0.05) is 0 Å². The van der Waals surface area contributed by atoms with Crippen molar-refractivity contribution in [3.63, 3.8) is 0 Å². The third-order valence-electron chi connectivity index (χ3n) is 2.40. The highest BCUT2D eigenvalue weighted by atomic mass is 16.3. The van der Waals surface area contributed by atoms with E-state index in [1.54, 1.807) is 12.5 Å². The van der Waals surface area contributed by atoms with Crippen LogP contribution >= 0.6 is 0 Å². The molecule has 1 N–H and O–H groups in total. The maximum Gasteiger partial charge on any atom is 0.142 e. The summed E-state index contributed by atoms with van der Waals surface area (Å²) in [5.41, 5.74) is 0.744. The summed E-state index contributed by atoms with van der Waals surface area (Å²) in [6.45, 7) is 4.66. The summed E-state index contributed by atoms with van der Waals surface area (Å²) in [7, 11) is 0. The SMILES string of the molecule is CCn1ccnc1C(O)c1coc(C)c1. The van der Waals surface area contributed by atoms with E-state index in [1.165, 1.54) is 0 Å². The van der Waals surface area contributed by atoms with Crippen LogP contribution in [0.1, 0.15) is 30.2 Å². The lowest BCUT2D eigenvalue weighted by Gasteiger charge is -2.09. The highest BCUT2D eigenvalue weighted by Crippen LogP contribution is 2.22. The standard InChI is InChI=1S/C11H14N2O2/c1-3-13-5-4-12-11(13)10(14)9-6-8(2)15-7-9/h4-7,10,14H,3H2,1-2H3. The number of aliphatic hydroxyl groups is 1. The van der Waals surface area contributed by atoms with E-state index in [9.17, 15) is 5.11 Å². The molecule has 0 radical (unpaired) electrons. The van der Waals surface area contributed by atoms with Crippen molar-refractivity contribution in [2.24, 2.45) is 0 Å². The molecule has 0 fully saturated rings. The zero-order chi connectivity index (χ0) is 10.8. The Kier molecular flexibility index (Phi) is 2.60. The van der Waals surface area contributed by atoms with Crippen LogP contribution in [0.3, 0.4) is 0 Å². The zero-order valence-electron chi connectivity index (χ0n) is 8.84. The lowest BCUT2D eigenvalue weighted by atomic mass is 10.2. The van der Waals surface area contributed by atoms with Gasteiger partial charge in [0.1, 0.15) is 17.7 Å². The van der Waals surface area contributed by atoms with E-state index in [-0.39, 0.29) is 0 Å². The van der Waals surface area contributed by atoms with Gasteiger partial charge in [0.05, 0.1) is 6.26 Å². The van der Waals surface area contributed by atoms with Crippen LogP contribution in [0.2, 0.25) is 0 Å². The second kappa shape index (κ2) is 3.90. The molecule has 4 heteroatoms. The molecule has 0 saturated heterocycles. The second-order valence-corrected chi connectivity index (χ2v) is 3.46. The topological polar surface area (TPSA) is 51.2 Å². The van der Waals surface area contributed by atoms with Crippen molar-refractivity contribution in [3.8, 4) is 0 Å². The number of aryl methyl sites for hydroxylation is 2. The van der Waals surface area contributed by atoms with Crippen molar-refractivity contribution in [1.29, 1.82) is 0 Å². The molecule has 0 aliphatic rings. The van der Waals surface area contributed by atoms with E-state index >= 15 is 0 Å². The highest BCUT2D eigenvalue weighted by molar-refractivity contribution is 5.21. The van der Waals surface area contributed by atoms with Gasteiger partial charge in [-0.25, -0.2) is 4.98 Å². The first-order valence-corrected chi connectivity index (χ1v) is 4.96. The Morgan fingerprint density at radius 2 is 2.40 bits per heavy atom. The maximum atomic E-state index is 10.1. The fraction of sp³-hybridized carbons (Fsp3) is 0.364. The number of hydrogen-bond acceptors (Lipinski definition) is 3. The van der Waals surface area contributed by atoms with Gasteiger partial charge in [-0.15, -0.1) is 0 Å². The number of aliphatic hydroxyl groups excluding tert-OH is 1. The van der Waals surface area contributed by atoms with Gasteiger partial charge < -0.3 is 14.1 Å². The summed E-state index contributed by atoms with van der Waals surface area (Å²) in [4.78, 5) is 4.14. The first-order valence-electron chi connectivity index (χ1n) is 4.96. The van der Waals surface area contributed by atoms with Crippen LogP contribution in [-0.4, -0.2) is 14.7 Å². The number of hydrogen-bond donors (Lipinski definition) is 1. The van der Waals surface area contributed by atoms with Crippen molar-refractivity contribution in [1.82, 2.24) is 9.55 Å². The van der Waals surface area contributed by atoms with E-state index in [0.717, 1.165) is 17.9 Å². The van der Waals surface area contributed by atoms with E-state index in [2.05, 4.69) is 4.98 Å². The van der Waals surface area contributed by atoms with Crippen LogP contribution in [0.15, 0.2) is 29.1 Å². The van der Waals surface area contributed by atoms with Gasteiger partial charge in [-0.05, 0) is 19.9 Å². The molecule has 0 aliphatic carbocycles. The summed E-state index contributed by atoms with van der Waals surface area (Å²) in [6, 6.07) is 1.82. The fourth-order valence-corrected chi connectivity index (χ4v) is 1.59. The molecule has 0 aromatic carbocycles. The molecule has 2 heterocycles. The molecule has 15 heavy (non-hydrogen) atoms. The first-order chi connectivity index (χ1) is 7.22. The van der Waals surface area contributed by atoms with E-state index in [1.807, 2.05) is 30.7 Å². The molecule has 0 aliphatic heterocycles. The van der Waals surface area contributed by atoms with Crippen molar-refractivity contribution in [2.75, 3.05) is 0 Å². The molecule has 1 atom stereocenters. The molecule has 2 aromatic heterocycles. The Morgan fingerprint density at radius 3 is 3.00 bits per heavy atom. The van der Waals surface area contributed by atoms with Gasteiger partial charge in [0.2, 0.25) is 0 Å². The predicted molar refractivity (Wildman–Crippen MR) is 55.4 cm³/mol. The minimum atomic E-state index is -0.711. The zero-order valence-corrected chi connectivity index (χ0v) is 8.84. The molecule has 4 nitrogen and oxygen atoms in total. The lowest BCUT2D eigenvalue weighted by Crippen LogP contribution is -2.07. The summed E-state index contributed by atoms with van der Waals surface area (Å²) < 4.78 is 7.07. The minimum Gasteiger partial charge on any atom is -0.469 e. The second-order valence-electron chi connectivity index (χ2n) is 3.46. The summed E-state index contributed by atoms with van der Waals surface area (Å²) >= 11 is 0. The third kappa shape index (κ3) is 1.80. The van der Waals surface area contributed by atoms with Crippen LogP contribution in [0.4, 0.5) is 0 Å². The number of rotatable bonds is 3. The average molecular weight is 206 g/mol. The lowest BCUT2D eigenvalue weighted by molar-refractivity contribution is 0.204. The Bertz CT molecular complexity index is 445. The molecular formula is C11H14N2O2. The maximum absolute atomic E-state index is 10.1. The summed E-state index contributed by atoms with van der Waals surface area (Å²) in [5, 5.41) is 10.1. The predicted octanol–water partition coefficient (Wildman–Crippen LogP) is 1.89. The van der Waals surface area contributed by atoms with Gasteiger partial charge in [0.25, 0.3) is 0 Å². The molecule has 1 unspecified atom stereocenters. The van der Waals surface area contributed by atoms with Crippen molar-refractivity contribution in [3.05, 3.63) is 41.9 Å². The number of aromatic nitrogens is 2. The van der Waals surface area contributed by atoms with Crippen LogP contribution < -0.4 is 0 Å². The molecule has 0 spiro atoms. The Labute approximate surface area is 88.2 Å². The third-order valence-corrected chi connectivity index (χ3v) is 2.40. The average Bonchev–Trinajstić information content (AvgIpc) is 2.84. The largest absolute Gasteiger partial charge is 0.469 e. The van der Waals surface area contributed by atoms with Crippen molar-refractivity contribution < 1.29 is 9.52 Å². The Balaban J connectivity index is 2.31. The molecule has 80 valence electrons. The Morgan fingerprint density at radius 1 is 1.60 bits per heavy atom. The van der Waals surface area contributed by atoms with Crippen LogP contribution in [0.25, 0.3) is 0 Å². The Hall–Kier alpha value is -1.55. The minimum absolute atomic E-state index is 0.651. The van der Waals surface area contributed by atoms with E-state index < -0.39 is 6.10 Å². The molecule has 0 bridgehead atoms. The van der Waals surface area contributed by atoms with Crippen molar-refractivity contribution >= 4 is 0 Å². The van der Waals surface area contributed by atoms with Gasteiger partial charge >= 0.3 is 0 Å². The molecule has 0 saturated carbocycles. The number of imidazole rings is 1.